The van der Waals surface area contributed by atoms with Crippen LogP contribution in [0.4, 0.5) is 5.69 Å². The second-order valence-electron chi connectivity index (χ2n) is 10.3. The van der Waals surface area contributed by atoms with Gasteiger partial charge in [-0.15, -0.1) is 11.8 Å². The van der Waals surface area contributed by atoms with Crippen molar-refractivity contribution in [1.82, 2.24) is 4.90 Å². The number of likely N-dealkylation sites (tertiary alicyclic amines) is 1. The van der Waals surface area contributed by atoms with Crippen molar-refractivity contribution in [2.45, 2.75) is 35.4 Å². The molecule has 9 heteroatoms. The zero-order chi connectivity index (χ0) is 27.3. The number of nitrogens with zero attached hydrogens (tertiary/aromatic N) is 2. The number of aryl methyl sites for hydroxylation is 1. The van der Waals surface area contributed by atoms with Crippen LogP contribution >= 0.6 is 23.4 Å². The van der Waals surface area contributed by atoms with Crippen molar-refractivity contribution in [3.8, 4) is 0 Å². The quantitative estimate of drug-likeness (QED) is 0.445. The molecule has 0 bridgehead atoms. The summed E-state index contributed by atoms with van der Waals surface area (Å²) < 4.78 is 4.53. The Hall–Kier alpha value is -3.07. The number of halogens is 1. The van der Waals surface area contributed by atoms with Gasteiger partial charge in [-0.3, -0.25) is 14.4 Å². The third kappa shape index (κ3) is 4.03. The van der Waals surface area contributed by atoms with E-state index in [1.807, 2.05) is 73.7 Å². The molecule has 1 unspecified atom stereocenters. The van der Waals surface area contributed by atoms with Crippen LogP contribution in [0.3, 0.4) is 0 Å². The van der Waals surface area contributed by atoms with Gasteiger partial charge in [-0.25, -0.2) is 0 Å². The molecule has 2 aromatic carbocycles. The van der Waals surface area contributed by atoms with E-state index in [9.17, 15) is 19.5 Å². The maximum Gasteiger partial charge on any atom is 0.311 e. The highest BCUT2D eigenvalue weighted by atomic mass is 35.5. The highest BCUT2D eigenvalue weighted by Gasteiger charge is 2.72. The molecule has 0 saturated carbocycles. The SMILES string of the molecule is Cc1cccc(Cl)c1N1CC=C[C@]23S[C@@H]4C=CCCOC(=O)[C@@H]4[C@H]2C(=O)N([C@H](CO)c2ccccc2)C3C1=O. The van der Waals surface area contributed by atoms with Crippen molar-refractivity contribution in [1.29, 1.82) is 0 Å². The van der Waals surface area contributed by atoms with E-state index < -0.39 is 34.6 Å². The van der Waals surface area contributed by atoms with Gasteiger partial charge in [0, 0.05) is 11.8 Å². The first-order valence-electron chi connectivity index (χ1n) is 13.1. The van der Waals surface area contributed by atoms with E-state index in [1.165, 1.54) is 16.7 Å². The van der Waals surface area contributed by atoms with Gasteiger partial charge in [0.05, 0.1) is 46.5 Å². The molecule has 2 aromatic rings. The molecule has 2 saturated heterocycles. The summed E-state index contributed by atoms with van der Waals surface area (Å²) in [7, 11) is 0. The van der Waals surface area contributed by atoms with Crippen LogP contribution < -0.4 is 4.90 Å². The van der Waals surface area contributed by atoms with Gasteiger partial charge < -0.3 is 19.6 Å². The normalized spacial score (nSPS) is 30.7. The van der Waals surface area contributed by atoms with Crippen LogP contribution in [-0.4, -0.2) is 63.6 Å². The Morgan fingerprint density at radius 1 is 1.10 bits per heavy atom. The van der Waals surface area contributed by atoms with E-state index in [2.05, 4.69) is 0 Å². The highest BCUT2D eigenvalue weighted by molar-refractivity contribution is 8.02. The molecule has 0 radical (unpaired) electrons. The number of amides is 2. The molecular formula is C30H29ClN2O5S. The summed E-state index contributed by atoms with van der Waals surface area (Å²) >= 11 is 8.10. The largest absolute Gasteiger partial charge is 0.465 e. The zero-order valence-corrected chi connectivity index (χ0v) is 23.0. The highest BCUT2D eigenvalue weighted by Crippen LogP contribution is 2.62. The van der Waals surface area contributed by atoms with Gasteiger partial charge in [0.1, 0.15) is 6.04 Å². The molecule has 2 amide bonds. The molecule has 4 aliphatic heterocycles. The summed E-state index contributed by atoms with van der Waals surface area (Å²) in [6.45, 7) is 2.04. The van der Waals surface area contributed by atoms with E-state index in [0.717, 1.165) is 5.56 Å². The molecule has 7 nitrogen and oxygen atoms in total. The van der Waals surface area contributed by atoms with Crippen molar-refractivity contribution in [2.24, 2.45) is 11.8 Å². The minimum Gasteiger partial charge on any atom is -0.465 e. The van der Waals surface area contributed by atoms with E-state index in [0.29, 0.717) is 22.7 Å². The second-order valence-corrected chi connectivity index (χ2v) is 12.2. The van der Waals surface area contributed by atoms with Crippen LogP contribution in [0.25, 0.3) is 0 Å². The maximum absolute atomic E-state index is 14.7. The molecular weight excluding hydrogens is 536 g/mol. The van der Waals surface area contributed by atoms with E-state index >= 15 is 0 Å². The van der Waals surface area contributed by atoms with Gasteiger partial charge in [0.25, 0.3) is 5.91 Å². The minimum atomic E-state index is -1.02. The first-order chi connectivity index (χ1) is 18.9. The number of cyclic esters (lactones) is 1. The fourth-order valence-corrected chi connectivity index (χ4v) is 8.89. The number of carbonyl (C=O) groups is 3. The summed E-state index contributed by atoms with van der Waals surface area (Å²) in [4.78, 5) is 45.7. The van der Waals surface area contributed by atoms with E-state index in [4.69, 9.17) is 16.3 Å². The molecule has 1 spiro atoms. The first kappa shape index (κ1) is 26.2. The lowest BCUT2D eigenvalue weighted by Crippen LogP contribution is -2.54. The van der Waals surface area contributed by atoms with Gasteiger partial charge in [0.15, 0.2) is 0 Å². The molecule has 4 heterocycles. The van der Waals surface area contributed by atoms with Crippen LogP contribution in [-0.2, 0) is 19.1 Å². The number of esters is 1. The van der Waals surface area contributed by atoms with E-state index in [-0.39, 0.29) is 36.8 Å². The van der Waals surface area contributed by atoms with Gasteiger partial charge >= 0.3 is 5.97 Å². The van der Waals surface area contributed by atoms with Crippen LogP contribution in [0.5, 0.6) is 0 Å². The van der Waals surface area contributed by atoms with Crippen molar-refractivity contribution in [3.05, 3.63) is 89.0 Å². The van der Waals surface area contributed by atoms with Gasteiger partial charge in [0.2, 0.25) is 5.91 Å². The number of rotatable bonds is 4. The van der Waals surface area contributed by atoms with Gasteiger partial charge in [-0.2, -0.15) is 0 Å². The number of para-hydroxylation sites is 1. The Morgan fingerprint density at radius 2 is 1.90 bits per heavy atom. The summed E-state index contributed by atoms with van der Waals surface area (Å²) in [5.74, 6) is -2.60. The molecule has 1 N–H and O–H groups in total. The zero-order valence-electron chi connectivity index (χ0n) is 21.4. The Balaban J connectivity index is 1.54. The van der Waals surface area contributed by atoms with Crippen LogP contribution in [0.2, 0.25) is 5.02 Å². The summed E-state index contributed by atoms with van der Waals surface area (Å²) in [6.07, 6.45) is 8.42. The number of anilines is 1. The first-order valence-corrected chi connectivity index (χ1v) is 14.4. The van der Waals surface area contributed by atoms with Gasteiger partial charge in [-0.1, -0.05) is 78.4 Å². The minimum absolute atomic E-state index is 0.252. The average Bonchev–Trinajstić information content (AvgIpc) is 3.30. The average molecular weight is 565 g/mol. The number of thioether (sulfide) groups is 1. The smallest absolute Gasteiger partial charge is 0.311 e. The molecule has 4 aliphatic rings. The standard InChI is InChI=1S/C30H29ClN2O5S/c1-18-9-7-12-20(31)25(18)32-15-8-14-30-24(23-22(39-30)13-5-6-16-38-29(23)37)27(35)33(26(30)28(32)36)21(17-34)19-10-3-2-4-11-19/h2-5,7-14,21-24,26,34H,6,15-17H2,1H3/t21-,22-,23+,24+,26?,30+/m1/s1. The predicted octanol–water partition coefficient (Wildman–Crippen LogP) is 4.09. The number of ether oxygens (including phenoxy) is 1. The Bertz CT molecular complexity index is 1360. The van der Waals surface area contributed by atoms with Crippen molar-refractivity contribution in [3.63, 3.8) is 0 Å². The molecule has 2 fully saturated rings. The van der Waals surface area contributed by atoms with Crippen molar-refractivity contribution < 1.29 is 24.2 Å². The topological polar surface area (TPSA) is 87.2 Å². The van der Waals surface area contributed by atoms with Crippen LogP contribution in [0.1, 0.15) is 23.6 Å². The fourth-order valence-electron chi connectivity index (χ4n) is 6.58. The molecule has 202 valence electrons. The van der Waals surface area contributed by atoms with E-state index in [1.54, 1.807) is 11.0 Å². The van der Waals surface area contributed by atoms with Crippen molar-refractivity contribution >= 4 is 46.8 Å². The maximum atomic E-state index is 14.7. The number of fused-ring (bicyclic) bond motifs is 2. The van der Waals surface area contributed by atoms with Crippen LogP contribution in [0, 0.1) is 18.8 Å². The fraction of sp³-hybridized carbons (Fsp3) is 0.367. The molecule has 39 heavy (non-hydrogen) atoms. The number of hydrogen-bond donors (Lipinski definition) is 1. The second kappa shape index (κ2) is 10.2. The van der Waals surface area contributed by atoms with Crippen LogP contribution in [0.15, 0.2) is 72.8 Å². The number of aliphatic hydroxyl groups excluding tert-OH is 1. The lowest BCUT2D eigenvalue weighted by molar-refractivity contribution is -0.153. The Labute approximate surface area is 236 Å². The lowest BCUT2D eigenvalue weighted by atomic mass is 9.78. The van der Waals surface area contributed by atoms with Gasteiger partial charge in [-0.05, 0) is 30.5 Å². The predicted molar refractivity (Wildman–Crippen MR) is 150 cm³/mol. The molecule has 0 aromatic heterocycles. The third-order valence-corrected chi connectivity index (χ3v) is 10.3. The number of carbonyl (C=O) groups excluding carboxylic acids is 3. The molecule has 0 aliphatic carbocycles. The Morgan fingerprint density at radius 3 is 2.64 bits per heavy atom. The summed E-state index contributed by atoms with van der Waals surface area (Å²) in [6, 6.07) is 12.9. The summed E-state index contributed by atoms with van der Waals surface area (Å²) in [5.41, 5.74) is 2.14. The molecule has 6 atom stereocenters. The summed E-state index contributed by atoms with van der Waals surface area (Å²) in [5, 5.41) is 10.8. The Kier molecular flexibility index (Phi) is 6.81. The monoisotopic (exact) mass is 564 g/mol. The lowest BCUT2D eigenvalue weighted by Gasteiger charge is -2.39. The number of hydrogen-bond acceptors (Lipinski definition) is 6. The number of benzene rings is 2. The third-order valence-electron chi connectivity index (χ3n) is 8.21. The number of aliphatic hydroxyl groups is 1. The van der Waals surface area contributed by atoms with Crippen molar-refractivity contribution in [2.75, 3.05) is 24.7 Å². The molecule has 6 rings (SSSR count).